The molecule has 0 radical (unpaired) electrons. The van der Waals surface area contributed by atoms with Crippen LogP contribution >= 0.6 is 0 Å². The van der Waals surface area contributed by atoms with E-state index in [1.165, 1.54) is 13.0 Å². The van der Waals surface area contributed by atoms with Crippen LogP contribution in [0.25, 0.3) is 0 Å². The van der Waals surface area contributed by atoms with Gasteiger partial charge in [-0.25, -0.2) is 8.78 Å². The van der Waals surface area contributed by atoms with Crippen molar-refractivity contribution in [3.05, 3.63) is 70.3 Å². The van der Waals surface area contributed by atoms with Crippen molar-refractivity contribution in [2.45, 2.75) is 20.0 Å². The minimum Gasteiger partial charge on any atom is -0.392 e. The average Bonchev–Trinajstić information content (AvgIpc) is 2.51. The fourth-order valence-corrected chi connectivity index (χ4v) is 2.06. The molecule has 0 saturated heterocycles. The van der Waals surface area contributed by atoms with Crippen LogP contribution in [0.2, 0.25) is 0 Å². The smallest absolute Gasteiger partial charge is 0.254 e. The number of carbonyl (C=O) groups excluding carboxylic acids is 1. The van der Waals surface area contributed by atoms with E-state index < -0.39 is 17.5 Å². The summed E-state index contributed by atoms with van der Waals surface area (Å²) < 4.78 is 26.8. The second kappa shape index (κ2) is 7.13. The molecular formula is C17H17F2NO2. The van der Waals surface area contributed by atoms with Gasteiger partial charge in [-0.3, -0.25) is 4.79 Å². The zero-order chi connectivity index (χ0) is 16.1. The first-order valence-electron chi connectivity index (χ1n) is 6.94. The third kappa shape index (κ3) is 3.89. The molecule has 0 aliphatic carbocycles. The topological polar surface area (TPSA) is 49.3 Å². The minimum absolute atomic E-state index is 0.0137. The van der Waals surface area contributed by atoms with Gasteiger partial charge in [-0.05, 0) is 36.1 Å². The van der Waals surface area contributed by atoms with Gasteiger partial charge < -0.3 is 10.4 Å². The summed E-state index contributed by atoms with van der Waals surface area (Å²) in [5.41, 5.74) is 1.88. The van der Waals surface area contributed by atoms with Crippen molar-refractivity contribution in [3.63, 3.8) is 0 Å². The van der Waals surface area contributed by atoms with Gasteiger partial charge >= 0.3 is 0 Å². The van der Waals surface area contributed by atoms with E-state index in [9.17, 15) is 13.6 Å². The van der Waals surface area contributed by atoms with Crippen molar-refractivity contribution >= 4 is 5.91 Å². The molecule has 0 heterocycles. The van der Waals surface area contributed by atoms with Crippen molar-refractivity contribution in [2.75, 3.05) is 6.54 Å². The molecule has 1 amide bonds. The second-order valence-electron chi connectivity index (χ2n) is 5.06. The Bertz CT molecular complexity index is 669. The quantitative estimate of drug-likeness (QED) is 0.892. The molecule has 5 heteroatoms. The molecule has 0 aliphatic rings. The Hall–Kier alpha value is -2.27. The van der Waals surface area contributed by atoms with Crippen LogP contribution in [0.4, 0.5) is 8.78 Å². The Morgan fingerprint density at radius 2 is 1.73 bits per heavy atom. The van der Waals surface area contributed by atoms with Gasteiger partial charge in [0.25, 0.3) is 5.91 Å². The molecule has 2 rings (SSSR count). The van der Waals surface area contributed by atoms with Crippen LogP contribution in [0, 0.1) is 18.6 Å². The lowest BCUT2D eigenvalue weighted by Gasteiger charge is -2.08. The van der Waals surface area contributed by atoms with Gasteiger partial charge in [0.2, 0.25) is 0 Å². The molecule has 0 aliphatic heterocycles. The maximum Gasteiger partial charge on any atom is 0.254 e. The molecule has 2 N–H and O–H groups in total. The number of amides is 1. The Kier molecular flexibility index (Phi) is 5.22. The van der Waals surface area contributed by atoms with Crippen LogP contribution in [0.1, 0.15) is 27.0 Å². The molecular weight excluding hydrogens is 288 g/mol. The van der Waals surface area contributed by atoms with Crippen LogP contribution in [0.3, 0.4) is 0 Å². The molecule has 22 heavy (non-hydrogen) atoms. The summed E-state index contributed by atoms with van der Waals surface area (Å²) >= 11 is 0. The zero-order valence-corrected chi connectivity index (χ0v) is 12.2. The minimum atomic E-state index is -0.868. The molecule has 0 saturated carbocycles. The maximum atomic E-state index is 13.6. The van der Waals surface area contributed by atoms with E-state index in [1.807, 2.05) is 12.1 Å². The van der Waals surface area contributed by atoms with Gasteiger partial charge in [0.15, 0.2) is 0 Å². The van der Waals surface area contributed by atoms with Gasteiger partial charge in [0.05, 0.1) is 12.2 Å². The lowest BCUT2D eigenvalue weighted by molar-refractivity contribution is 0.0950. The Morgan fingerprint density at radius 1 is 1.09 bits per heavy atom. The molecule has 0 unspecified atom stereocenters. The monoisotopic (exact) mass is 305 g/mol. The number of hydrogen-bond acceptors (Lipinski definition) is 2. The summed E-state index contributed by atoms with van der Waals surface area (Å²) in [7, 11) is 0. The summed E-state index contributed by atoms with van der Waals surface area (Å²) in [4.78, 5) is 11.9. The van der Waals surface area contributed by atoms with Crippen LogP contribution in [-0.4, -0.2) is 17.6 Å². The SMILES string of the molecule is Cc1cc(C(=O)NCCc2ccc(CO)cc2)c(F)cc1F. The molecule has 0 atom stereocenters. The third-order valence-corrected chi connectivity index (χ3v) is 3.40. The largest absolute Gasteiger partial charge is 0.392 e. The number of carbonyl (C=O) groups is 1. The molecule has 0 aromatic heterocycles. The number of aliphatic hydroxyl groups excluding tert-OH is 1. The van der Waals surface area contributed by atoms with Gasteiger partial charge in [0.1, 0.15) is 11.6 Å². The number of aryl methyl sites for hydroxylation is 1. The fraction of sp³-hybridized carbons (Fsp3) is 0.235. The molecule has 0 fully saturated rings. The maximum absolute atomic E-state index is 13.6. The summed E-state index contributed by atoms with van der Waals surface area (Å²) in [5.74, 6) is -2.10. The predicted octanol–water partition coefficient (Wildman–Crippen LogP) is 2.74. The lowest BCUT2D eigenvalue weighted by atomic mass is 10.1. The number of hydrogen-bond donors (Lipinski definition) is 2. The highest BCUT2D eigenvalue weighted by Gasteiger charge is 2.14. The molecule has 2 aromatic carbocycles. The highest BCUT2D eigenvalue weighted by molar-refractivity contribution is 5.94. The van der Waals surface area contributed by atoms with E-state index in [0.29, 0.717) is 13.0 Å². The predicted molar refractivity (Wildman–Crippen MR) is 79.5 cm³/mol. The number of nitrogens with one attached hydrogen (secondary N) is 1. The van der Waals surface area contributed by atoms with Crippen molar-refractivity contribution in [2.24, 2.45) is 0 Å². The highest BCUT2D eigenvalue weighted by Crippen LogP contribution is 2.14. The van der Waals surface area contributed by atoms with Crippen LogP contribution in [-0.2, 0) is 13.0 Å². The Labute approximate surface area is 127 Å². The molecule has 0 bridgehead atoms. The number of halogens is 2. The van der Waals surface area contributed by atoms with Crippen molar-refractivity contribution in [1.82, 2.24) is 5.32 Å². The fourth-order valence-electron chi connectivity index (χ4n) is 2.06. The lowest BCUT2D eigenvalue weighted by Crippen LogP contribution is -2.26. The molecule has 2 aromatic rings. The number of rotatable bonds is 5. The first-order valence-corrected chi connectivity index (χ1v) is 6.94. The zero-order valence-electron chi connectivity index (χ0n) is 12.2. The van der Waals surface area contributed by atoms with Crippen LogP contribution in [0.15, 0.2) is 36.4 Å². The Balaban J connectivity index is 1.94. The first kappa shape index (κ1) is 16.1. The van der Waals surface area contributed by atoms with E-state index >= 15 is 0 Å². The van der Waals surface area contributed by atoms with Gasteiger partial charge in [0, 0.05) is 12.6 Å². The van der Waals surface area contributed by atoms with E-state index in [4.69, 9.17) is 5.11 Å². The normalized spacial score (nSPS) is 10.5. The Morgan fingerprint density at radius 3 is 2.36 bits per heavy atom. The van der Waals surface area contributed by atoms with Crippen molar-refractivity contribution < 1.29 is 18.7 Å². The highest BCUT2D eigenvalue weighted by atomic mass is 19.1. The summed E-state index contributed by atoms with van der Waals surface area (Å²) in [6, 6.07) is 9.26. The standard InChI is InChI=1S/C17H17F2NO2/c1-11-8-14(16(19)9-15(11)18)17(22)20-7-6-12-2-4-13(10-21)5-3-12/h2-5,8-9,21H,6-7,10H2,1H3,(H,20,22). The number of benzene rings is 2. The first-order chi connectivity index (χ1) is 10.5. The van der Waals surface area contributed by atoms with E-state index in [2.05, 4.69) is 5.32 Å². The van der Waals surface area contributed by atoms with Crippen LogP contribution in [0.5, 0.6) is 0 Å². The summed E-state index contributed by atoms with van der Waals surface area (Å²) in [6.45, 7) is 1.81. The van der Waals surface area contributed by atoms with Crippen molar-refractivity contribution in [1.29, 1.82) is 0 Å². The molecule has 0 spiro atoms. The van der Waals surface area contributed by atoms with Crippen molar-refractivity contribution in [3.8, 4) is 0 Å². The number of aliphatic hydroxyl groups is 1. The van der Waals surface area contributed by atoms with E-state index in [1.54, 1.807) is 12.1 Å². The molecule has 116 valence electrons. The van der Waals surface area contributed by atoms with E-state index in [-0.39, 0.29) is 17.7 Å². The van der Waals surface area contributed by atoms with Gasteiger partial charge in [-0.2, -0.15) is 0 Å². The van der Waals surface area contributed by atoms with E-state index in [0.717, 1.165) is 17.2 Å². The summed E-state index contributed by atoms with van der Waals surface area (Å²) in [6.07, 6.45) is 0.583. The average molecular weight is 305 g/mol. The van der Waals surface area contributed by atoms with Gasteiger partial charge in [-0.1, -0.05) is 24.3 Å². The second-order valence-corrected chi connectivity index (χ2v) is 5.06. The molecule has 3 nitrogen and oxygen atoms in total. The summed E-state index contributed by atoms with van der Waals surface area (Å²) in [5, 5.41) is 11.6. The third-order valence-electron chi connectivity index (χ3n) is 3.40. The van der Waals surface area contributed by atoms with Gasteiger partial charge in [-0.15, -0.1) is 0 Å². The van der Waals surface area contributed by atoms with Crippen LogP contribution < -0.4 is 5.32 Å².